The van der Waals surface area contributed by atoms with Gasteiger partial charge in [-0.3, -0.25) is 0 Å². The van der Waals surface area contributed by atoms with E-state index in [1.807, 2.05) is 0 Å². The summed E-state index contributed by atoms with van der Waals surface area (Å²) in [6.45, 7) is 0. The predicted octanol–water partition coefficient (Wildman–Crippen LogP) is 2.46. The van der Waals surface area contributed by atoms with Crippen LogP contribution in [0.2, 0.25) is 0 Å². The quantitative estimate of drug-likeness (QED) is 0.901. The maximum Gasteiger partial charge on any atom is 0.417 e. The highest BCUT2D eigenvalue weighted by molar-refractivity contribution is 9.10. The van der Waals surface area contributed by atoms with Crippen LogP contribution < -0.4 is 0 Å². The molecule has 0 saturated heterocycles. The van der Waals surface area contributed by atoms with Gasteiger partial charge in [-0.2, -0.15) is 13.2 Å². The van der Waals surface area contributed by atoms with Gasteiger partial charge in [0, 0.05) is 10.9 Å². The van der Waals surface area contributed by atoms with E-state index in [0.717, 1.165) is 18.2 Å². The van der Waals surface area contributed by atoms with E-state index in [1.165, 1.54) is 0 Å². The first-order valence-corrected chi connectivity index (χ1v) is 5.27. The zero-order chi connectivity index (χ0) is 13.2. The summed E-state index contributed by atoms with van der Waals surface area (Å²) >= 11 is 2.76. The van der Waals surface area contributed by atoms with Gasteiger partial charge in [0.2, 0.25) is 0 Å². The molecule has 94 valence electrons. The molecule has 0 spiro atoms. The number of alkyl halides is 3. The van der Waals surface area contributed by atoms with Gasteiger partial charge in [0.25, 0.3) is 0 Å². The van der Waals surface area contributed by atoms with Gasteiger partial charge in [-0.1, -0.05) is 22.0 Å². The molecule has 0 aliphatic heterocycles. The molecule has 0 aromatic heterocycles. The van der Waals surface area contributed by atoms with Gasteiger partial charge in [-0.15, -0.1) is 0 Å². The topological polar surface area (TPSA) is 57.5 Å². The highest BCUT2D eigenvalue weighted by atomic mass is 79.9. The zero-order valence-corrected chi connectivity index (χ0v) is 9.92. The van der Waals surface area contributed by atoms with Gasteiger partial charge in [0.1, 0.15) is 0 Å². The van der Waals surface area contributed by atoms with Crippen LogP contribution in [0.4, 0.5) is 13.2 Å². The molecule has 0 amide bonds. The third kappa shape index (κ3) is 3.71. The van der Waals surface area contributed by atoms with Crippen LogP contribution in [-0.4, -0.2) is 22.3 Å². The lowest BCUT2D eigenvalue weighted by Crippen LogP contribution is -2.22. The Morgan fingerprint density at radius 3 is 2.41 bits per heavy atom. The summed E-state index contributed by atoms with van der Waals surface area (Å²) in [5.41, 5.74) is -0.536. The number of carbonyl (C=O) groups is 1. The van der Waals surface area contributed by atoms with Crippen molar-refractivity contribution in [3.8, 4) is 0 Å². The minimum Gasteiger partial charge on any atom is -0.479 e. The summed E-state index contributed by atoms with van der Waals surface area (Å²) in [5, 5.41) is 17.5. The van der Waals surface area contributed by atoms with Crippen molar-refractivity contribution in [1.29, 1.82) is 0 Å². The predicted molar refractivity (Wildman–Crippen MR) is 56.5 cm³/mol. The lowest BCUT2D eigenvalue weighted by Gasteiger charge is -2.11. The van der Waals surface area contributed by atoms with Crippen molar-refractivity contribution >= 4 is 21.9 Å². The fourth-order valence-corrected chi connectivity index (χ4v) is 1.88. The molecule has 7 heteroatoms. The number of hydrogen-bond donors (Lipinski definition) is 2. The second-order valence-corrected chi connectivity index (χ2v) is 4.22. The van der Waals surface area contributed by atoms with Crippen molar-refractivity contribution in [2.24, 2.45) is 0 Å². The van der Waals surface area contributed by atoms with Crippen molar-refractivity contribution in [1.82, 2.24) is 0 Å². The smallest absolute Gasteiger partial charge is 0.417 e. The molecule has 0 fully saturated rings. The van der Waals surface area contributed by atoms with Crippen LogP contribution in [0.15, 0.2) is 22.7 Å². The molecule has 2 N–H and O–H groups in total. The molecule has 1 atom stereocenters. The number of rotatable bonds is 3. The molecule has 3 nitrogen and oxygen atoms in total. The van der Waals surface area contributed by atoms with Gasteiger partial charge < -0.3 is 10.2 Å². The molecule has 0 aliphatic carbocycles. The molecule has 0 aliphatic rings. The second kappa shape index (κ2) is 5.05. The number of aliphatic carboxylic acids is 1. The molecule has 0 bridgehead atoms. The Labute approximate surface area is 103 Å². The lowest BCUT2D eigenvalue weighted by atomic mass is 10.1. The standard InChI is InChI=1S/C10H8BrF3O3/c11-7-3-5(4-8(15)9(16)17)1-2-6(7)10(12,13)14/h1-3,8,15H,4H2,(H,16,17). The average molecular weight is 313 g/mol. The van der Waals surface area contributed by atoms with Crippen LogP contribution in [0.25, 0.3) is 0 Å². The van der Waals surface area contributed by atoms with Crippen LogP contribution in [0.5, 0.6) is 0 Å². The van der Waals surface area contributed by atoms with Crippen molar-refractivity contribution in [3.63, 3.8) is 0 Å². The number of aliphatic hydroxyl groups excluding tert-OH is 1. The van der Waals surface area contributed by atoms with Gasteiger partial charge in [-0.25, -0.2) is 4.79 Å². The first-order chi connectivity index (χ1) is 7.71. The Morgan fingerprint density at radius 2 is 2.00 bits per heavy atom. The van der Waals surface area contributed by atoms with E-state index in [-0.39, 0.29) is 10.9 Å². The number of benzene rings is 1. The van der Waals surface area contributed by atoms with Crippen molar-refractivity contribution in [2.45, 2.75) is 18.7 Å². The molecule has 0 saturated carbocycles. The first kappa shape index (κ1) is 14.0. The van der Waals surface area contributed by atoms with E-state index >= 15 is 0 Å². The summed E-state index contributed by atoms with van der Waals surface area (Å²) in [5.74, 6) is -1.42. The van der Waals surface area contributed by atoms with E-state index < -0.39 is 23.8 Å². The monoisotopic (exact) mass is 312 g/mol. The Kier molecular flexibility index (Phi) is 4.16. The highest BCUT2D eigenvalue weighted by Gasteiger charge is 2.32. The molecule has 0 heterocycles. The fourth-order valence-electron chi connectivity index (χ4n) is 1.23. The SMILES string of the molecule is O=C(O)C(O)Cc1ccc(C(F)(F)F)c(Br)c1. The number of halogens is 4. The summed E-state index contributed by atoms with van der Waals surface area (Å²) < 4.78 is 37.0. The number of carboxylic acid groups (broad SMARTS) is 1. The number of carboxylic acids is 1. The van der Waals surface area contributed by atoms with E-state index in [1.54, 1.807) is 0 Å². The largest absolute Gasteiger partial charge is 0.479 e. The molecule has 1 unspecified atom stereocenters. The number of hydrogen-bond acceptors (Lipinski definition) is 2. The van der Waals surface area contributed by atoms with Crippen molar-refractivity contribution in [2.75, 3.05) is 0 Å². The number of aliphatic hydroxyl groups is 1. The van der Waals surface area contributed by atoms with Crippen molar-refractivity contribution < 1.29 is 28.2 Å². The summed E-state index contributed by atoms with van der Waals surface area (Å²) in [6, 6.07) is 3.13. The molecular formula is C10H8BrF3O3. The van der Waals surface area contributed by atoms with E-state index in [2.05, 4.69) is 15.9 Å². The van der Waals surface area contributed by atoms with E-state index in [0.29, 0.717) is 5.56 Å². The Balaban J connectivity index is 2.94. The van der Waals surface area contributed by atoms with Crippen molar-refractivity contribution in [3.05, 3.63) is 33.8 Å². The minimum absolute atomic E-state index is 0.180. The maximum absolute atomic E-state index is 12.4. The summed E-state index contributed by atoms with van der Waals surface area (Å²) in [6.07, 6.45) is -6.34. The summed E-state index contributed by atoms with van der Waals surface area (Å²) in [4.78, 5) is 10.4. The van der Waals surface area contributed by atoms with E-state index in [9.17, 15) is 18.0 Å². The molecule has 17 heavy (non-hydrogen) atoms. The Bertz CT molecular complexity index is 431. The first-order valence-electron chi connectivity index (χ1n) is 4.48. The van der Waals surface area contributed by atoms with Crippen LogP contribution >= 0.6 is 15.9 Å². The van der Waals surface area contributed by atoms with Gasteiger partial charge in [-0.05, 0) is 17.7 Å². The Hall–Kier alpha value is -1.08. The third-order valence-electron chi connectivity index (χ3n) is 2.05. The highest BCUT2D eigenvalue weighted by Crippen LogP contribution is 2.35. The Morgan fingerprint density at radius 1 is 1.41 bits per heavy atom. The van der Waals surface area contributed by atoms with Crippen LogP contribution in [0.3, 0.4) is 0 Å². The molecular weight excluding hydrogens is 305 g/mol. The normalized spacial score (nSPS) is 13.5. The summed E-state index contributed by atoms with van der Waals surface area (Å²) in [7, 11) is 0. The third-order valence-corrected chi connectivity index (χ3v) is 2.71. The molecule has 0 radical (unpaired) electrons. The lowest BCUT2D eigenvalue weighted by molar-refractivity contribution is -0.146. The molecule has 1 aromatic carbocycles. The average Bonchev–Trinajstić information content (AvgIpc) is 2.15. The maximum atomic E-state index is 12.4. The molecule has 1 rings (SSSR count). The fraction of sp³-hybridized carbons (Fsp3) is 0.300. The zero-order valence-electron chi connectivity index (χ0n) is 8.33. The minimum atomic E-state index is -4.47. The van der Waals surface area contributed by atoms with Crippen LogP contribution in [-0.2, 0) is 17.4 Å². The van der Waals surface area contributed by atoms with Gasteiger partial charge in [0.15, 0.2) is 6.10 Å². The van der Waals surface area contributed by atoms with E-state index in [4.69, 9.17) is 10.2 Å². The molecule has 1 aromatic rings. The van der Waals surface area contributed by atoms with Crippen LogP contribution in [0, 0.1) is 0 Å². The van der Waals surface area contributed by atoms with Gasteiger partial charge >= 0.3 is 12.1 Å². The second-order valence-electron chi connectivity index (χ2n) is 3.37. The van der Waals surface area contributed by atoms with Gasteiger partial charge in [0.05, 0.1) is 5.56 Å². The van der Waals surface area contributed by atoms with Crippen LogP contribution in [0.1, 0.15) is 11.1 Å².